The minimum Gasteiger partial charge on any atom is -0.0443 e. The third kappa shape index (κ3) is 4.06. The van der Waals surface area contributed by atoms with Crippen LogP contribution in [0.2, 0.25) is 0 Å². The Morgan fingerprint density at radius 2 is 1.58 bits per heavy atom. The van der Waals surface area contributed by atoms with Crippen molar-refractivity contribution in [1.82, 2.24) is 0 Å². The van der Waals surface area contributed by atoms with Crippen LogP contribution in [0, 0.1) is 7.14 Å². The summed E-state index contributed by atoms with van der Waals surface area (Å²) in [5.74, 6) is 0. The third-order valence-corrected chi connectivity index (χ3v) is 2.86. The van der Waals surface area contributed by atoms with Crippen LogP contribution in [0.1, 0.15) is 5.56 Å². The first-order valence-electron chi connectivity index (χ1n) is 3.07. The van der Waals surface area contributed by atoms with Crippen LogP contribution in [0.4, 0.5) is 0 Å². The van der Waals surface area contributed by atoms with E-state index in [1.165, 1.54) is 12.7 Å². The second-order valence-corrected chi connectivity index (χ2v) is 7.40. The summed E-state index contributed by atoms with van der Waals surface area (Å²) in [6.45, 7) is 0. The molecule has 1 rings (SSSR count). The van der Waals surface area contributed by atoms with Crippen molar-refractivity contribution in [3.63, 3.8) is 0 Å². The van der Waals surface area contributed by atoms with Gasteiger partial charge in [-0.05, 0) is 107 Å². The number of halogens is 4. The lowest BCUT2D eigenvalue weighted by molar-refractivity contribution is 1.56. The molecule has 0 saturated carbocycles. The SMILES string of the molecule is BrC(Br)=Cc1cc(I)cc(I)c1. The summed E-state index contributed by atoms with van der Waals surface area (Å²) in [6, 6.07) is 6.40. The first kappa shape index (κ1) is 11.5. The first-order chi connectivity index (χ1) is 5.58. The molecule has 0 fully saturated rings. The van der Waals surface area contributed by atoms with E-state index in [0.717, 1.165) is 3.39 Å². The average molecular weight is 514 g/mol. The van der Waals surface area contributed by atoms with Crippen molar-refractivity contribution in [2.75, 3.05) is 0 Å². The van der Waals surface area contributed by atoms with Crippen molar-refractivity contribution in [1.29, 1.82) is 0 Å². The lowest BCUT2D eigenvalue weighted by Gasteiger charge is -1.97. The Kier molecular flexibility index (Phi) is 5.07. The van der Waals surface area contributed by atoms with Gasteiger partial charge in [-0.25, -0.2) is 0 Å². The van der Waals surface area contributed by atoms with Crippen LogP contribution in [-0.2, 0) is 0 Å². The van der Waals surface area contributed by atoms with Gasteiger partial charge in [0, 0.05) is 7.14 Å². The second-order valence-electron chi connectivity index (χ2n) is 2.14. The van der Waals surface area contributed by atoms with E-state index in [9.17, 15) is 0 Å². The Labute approximate surface area is 116 Å². The largest absolute Gasteiger partial charge is 0.0610 e. The molecule has 0 atom stereocenters. The average Bonchev–Trinajstić information content (AvgIpc) is 1.81. The molecule has 0 bridgehead atoms. The van der Waals surface area contributed by atoms with E-state index >= 15 is 0 Å². The topological polar surface area (TPSA) is 0 Å². The van der Waals surface area contributed by atoms with Crippen molar-refractivity contribution >= 4 is 83.1 Å². The summed E-state index contributed by atoms with van der Waals surface area (Å²) in [4.78, 5) is 0. The summed E-state index contributed by atoms with van der Waals surface area (Å²) < 4.78 is 3.48. The smallest absolute Gasteiger partial charge is 0.0443 e. The fraction of sp³-hybridized carbons (Fsp3) is 0. The van der Waals surface area contributed by atoms with E-state index in [1.807, 2.05) is 6.08 Å². The number of benzene rings is 1. The van der Waals surface area contributed by atoms with Crippen LogP contribution in [-0.4, -0.2) is 0 Å². The maximum Gasteiger partial charge on any atom is 0.0610 e. The van der Waals surface area contributed by atoms with Crippen molar-refractivity contribution in [2.45, 2.75) is 0 Å². The van der Waals surface area contributed by atoms with E-state index in [2.05, 4.69) is 95.2 Å². The van der Waals surface area contributed by atoms with Crippen LogP contribution in [0.25, 0.3) is 6.08 Å². The van der Waals surface area contributed by atoms with Crippen molar-refractivity contribution in [3.05, 3.63) is 34.3 Å². The van der Waals surface area contributed by atoms with Gasteiger partial charge in [-0.15, -0.1) is 0 Å². The molecule has 64 valence electrons. The predicted octanol–water partition coefficient (Wildman–Crippen LogP) is 4.98. The van der Waals surface area contributed by atoms with Crippen molar-refractivity contribution in [3.8, 4) is 0 Å². The maximum absolute atomic E-state index is 3.33. The van der Waals surface area contributed by atoms with Crippen LogP contribution in [0.3, 0.4) is 0 Å². The molecule has 0 saturated heterocycles. The zero-order chi connectivity index (χ0) is 9.14. The van der Waals surface area contributed by atoms with Crippen molar-refractivity contribution in [2.24, 2.45) is 0 Å². The molecule has 0 heterocycles. The molecule has 0 amide bonds. The molecule has 0 spiro atoms. The highest BCUT2D eigenvalue weighted by Crippen LogP contribution is 2.21. The van der Waals surface area contributed by atoms with Gasteiger partial charge in [0.05, 0.1) is 3.39 Å². The summed E-state index contributed by atoms with van der Waals surface area (Å²) in [5.41, 5.74) is 1.20. The molecule has 0 aliphatic rings. The molecule has 0 aliphatic heterocycles. The molecule has 0 radical (unpaired) electrons. The lowest BCUT2D eigenvalue weighted by atomic mass is 10.2. The van der Waals surface area contributed by atoms with Gasteiger partial charge in [0.2, 0.25) is 0 Å². The monoisotopic (exact) mass is 512 g/mol. The molecule has 12 heavy (non-hydrogen) atoms. The van der Waals surface area contributed by atoms with Gasteiger partial charge in [0.25, 0.3) is 0 Å². The lowest BCUT2D eigenvalue weighted by Crippen LogP contribution is -1.78. The van der Waals surface area contributed by atoms with E-state index in [1.54, 1.807) is 0 Å². The summed E-state index contributed by atoms with van der Waals surface area (Å²) >= 11 is 11.3. The van der Waals surface area contributed by atoms with Gasteiger partial charge in [-0.3, -0.25) is 0 Å². The Balaban J connectivity index is 3.09. The number of hydrogen-bond donors (Lipinski definition) is 0. The highest BCUT2D eigenvalue weighted by atomic mass is 127. The molecule has 1 aromatic rings. The number of hydrogen-bond acceptors (Lipinski definition) is 0. The fourth-order valence-corrected chi connectivity index (χ4v) is 3.30. The molecule has 0 aliphatic carbocycles. The highest BCUT2D eigenvalue weighted by molar-refractivity contribution is 14.1. The molecule has 0 N–H and O–H groups in total. The van der Waals surface area contributed by atoms with E-state index < -0.39 is 0 Å². The minimum atomic E-state index is 0.966. The molecule has 0 aromatic heterocycles. The summed E-state index contributed by atoms with van der Waals surface area (Å²) in [6.07, 6.45) is 2.03. The molecule has 0 nitrogen and oxygen atoms in total. The van der Waals surface area contributed by atoms with Crippen LogP contribution < -0.4 is 0 Å². The third-order valence-electron chi connectivity index (χ3n) is 1.16. The van der Waals surface area contributed by atoms with E-state index in [4.69, 9.17) is 0 Å². The minimum absolute atomic E-state index is 0.966. The first-order valence-corrected chi connectivity index (χ1v) is 6.81. The Bertz CT molecular complexity index is 297. The second kappa shape index (κ2) is 5.31. The molecular formula is C8H4Br2I2. The molecular weight excluding hydrogens is 510 g/mol. The summed E-state index contributed by atoms with van der Waals surface area (Å²) in [7, 11) is 0. The Morgan fingerprint density at radius 3 is 2.00 bits per heavy atom. The molecule has 1 aromatic carbocycles. The van der Waals surface area contributed by atoms with Gasteiger partial charge in [0.1, 0.15) is 0 Å². The van der Waals surface area contributed by atoms with E-state index in [-0.39, 0.29) is 0 Å². The molecule has 4 heteroatoms. The van der Waals surface area contributed by atoms with Gasteiger partial charge in [-0.2, -0.15) is 0 Å². The summed E-state index contributed by atoms with van der Waals surface area (Å²) in [5, 5.41) is 0. The molecule has 0 unspecified atom stereocenters. The van der Waals surface area contributed by atoms with E-state index in [0.29, 0.717) is 0 Å². The number of rotatable bonds is 1. The normalized spacial score (nSPS) is 9.67. The Morgan fingerprint density at radius 1 is 1.08 bits per heavy atom. The standard InChI is InChI=1S/C8H4Br2I2/c9-8(10)3-5-1-6(11)4-7(12)2-5/h1-4H. The van der Waals surface area contributed by atoms with Crippen LogP contribution in [0.15, 0.2) is 21.6 Å². The Hall–Kier alpha value is 1.38. The van der Waals surface area contributed by atoms with Crippen LogP contribution >= 0.6 is 77.0 Å². The van der Waals surface area contributed by atoms with Gasteiger partial charge >= 0.3 is 0 Å². The van der Waals surface area contributed by atoms with Crippen LogP contribution in [0.5, 0.6) is 0 Å². The van der Waals surface area contributed by atoms with Gasteiger partial charge in [0.15, 0.2) is 0 Å². The quantitative estimate of drug-likeness (QED) is 0.465. The van der Waals surface area contributed by atoms with Crippen molar-refractivity contribution < 1.29 is 0 Å². The predicted molar refractivity (Wildman–Crippen MR) is 77.7 cm³/mol. The zero-order valence-electron chi connectivity index (χ0n) is 5.82. The zero-order valence-corrected chi connectivity index (χ0v) is 13.3. The van der Waals surface area contributed by atoms with Gasteiger partial charge in [-0.1, -0.05) is 0 Å². The fourth-order valence-electron chi connectivity index (χ4n) is 0.784. The van der Waals surface area contributed by atoms with Gasteiger partial charge < -0.3 is 0 Å². The highest BCUT2D eigenvalue weighted by Gasteiger charge is 1.94. The maximum atomic E-state index is 3.33.